The first-order chi connectivity index (χ1) is 17.3. The number of carbonyl (C=O) groups is 1. The van der Waals surface area contributed by atoms with E-state index in [2.05, 4.69) is 25.8 Å². The molecule has 3 heterocycles. The molecule has 10 heteroatoms. The summed E-state index contributed by atoms with van der Waals surface area (Å²) in [4.78, 5) is 19.4. The van der Waals surface area contributed by atoms with Gasteiger partial charge < -0.3 is 10.6 Å². The Balaban J connectivity index is 1.44. The molecule has 1 aliphatic rings. The maximum atomic E-state index is 13.7. The van der Waals surface area contributed by atoms with Gasteiger partial charge in [0.05, 0.1) is 28.9 Å². The molecule has 0 saturated heterocycles. The standard InChI is InChI=1S/C26H23F3N6O/c1-35-10-3-2-6-23(35)17-11-18(26(27,28)29)13-20(12-17)33-25(36)21-5-4-9-30-24(21)32-19-8-7-16-15-31-34-22(16)14-19/h2,4-9,11-15,23H,3,10H2,1H3,(H,30,32)(H,31,34)(H,33,36). The summed E-state index contributed by atoms with van der Waals surface area (Å²) in [6.07, 6.45) is 3.34. The van der Waals surface area contributed by atoms with Crippen LogP contribution in [-0.4, -0.2) is 39.6 Å². The van der Waals surface area contributed by atoms with E-state index in [1.807, 2.05) is 42.3 Å². The number of likely N-dealkylation sites (N-methyl/N-ethyl adjacent to an activating group) is 1. The van der Waals surface area contributed by atoms with Crippen molar-refractivity contribution in [1.29, 1.82) is 0 Å². The van der Waals surface area contributed by atoms with E-state index in [1.54, 1.807) is 24.4 Å². The molecule has 0 bridgehead atoms. The van der Waals surface area contributed by atoms with Crippen LogP contribution in [0.5, 0.6) is 0 Å². The number of alkyl halides is 3. The minimum absolute atomic E-state index is 0.0610. The van der Waals surface area contributed by atoms with Gasteiger partial charge in [-0.25, -0.2) is 4.98 Å². The molecular weight excluding hydrogens is 469 g/mol. The van der Waals surface area contributed by atoms with Crippen LogP contribution in [0.15, 0.2) is 73.1 Å². The average molecular weight is 493 g/mol. The number of hydrogen-bond donors (Lipinski definition) is 3. The molecule has 2 aromatic carbocycles. The highest BCUT2D eigenvalue weighted by Crippen LogP contribution is 2.36. The first-order valence-corrected chi connectivity index (χ1v) is 11.3. The van der Waals surface area contributed by atoms with E-state index in [9.17, 15) is 18.0 Å². The van der Waals surface area contributed by atoms with Crippen molar-refractivity contribution < 1.29 is 18.0 Å². The number of aromatic nitrogens is 3. The molecule has 36 heavy (non-hydrogen) atoms. The van der Waals surface area contributed by atoms with Gasteiger partial charge in [-0.2, -0.15) is 18.3 Å². The van der Waals surface area contributed by atoms with Gasteiger partial charge in [0.15, 0.2) is 0 Å². The van der Waals surface area contributed by atoms with Crippen molar-refractivity contribution in [2.24, 2.45) is 0 Å². The molecule has 0 aliphatic carbocycles. The van der Waals surface area contributed by atoms with Gasteiger partial charge in [0.25, 0.3) is 5.91 Å². The van der Waals surface area contributed by atoms with Crippen LogP contribution in [-0.2, 0) is 6.18 Å². The summed E-state index contributed by atoms with van der Waals surface area (Å²) in [5.74, 6) is -0.304. The summed E-state index contributed by atoms with van der Waals surface area (Å²) in [6.45, 7) is 0.730. The Bertz CT molecular complexity index is 1450. The minimum Gasteiger partial charge on any atom is -0.340 e. The fourth-order valence-electron chi connectivity index (χ4n) is 4.25. The topological polar surface area (TPSA) is 85.9 Å². The summed E-state index contributed by atoms with van der Waals surface area (Å²) in [6, 6.07) is 12.0. The monoisotopic (exact) mass is 492 g/mol. The van der Waals surface area contributed by atoms with Gasteiger partial charge in [-0.05, 0) is 67.6 Å². The van der Waals surface area contributed by atoms with E-state index < -0.39 is 17.6 Å². The van der Waals surface area contributed by atoms with Crippen molar-refractivity contribution in [3.8, 4) is 0 Å². The quantitative estimate of drug-likeness (QED) is 0.302. The zero-order valence-corrected chi connectivity index (χ0v) is 19.3. The van der Waals surface area contributed by atoms with Gasteiger partial charge in [-0.15, -0.1) is 0 Å². The van der Waals surface area contributed by atoms with Gasteiger partial charge in [0.2, 0.25) is 0 Å². The Morgan fingerprint density at radius 1 is 1.14 bits per heavy atom. The van der Waals surface area contributed by atoms with Gasteiger partial charge >= 0.3 is 6.18 Å². The highest BCUT2D eigenvalue weighted by molar-refractivity contribution is 6.08. The van der Waals surface area contributed by atoms with E-state index in [4.69, 9.17) is 0 Å². The molecule has 1 unspecified atom stereocenters. The number of fused-ring (bicyclic) bond motifs is 1. The number of nitrogens with zero attached hydrogens (tertiary/aromatic N) is 3. The molecule has 2 aromatic heterocycles. The lowest BCUT2D eigenvalue weighted by atomic mass is 9.98. The van der Waals surface area contributed by atoms with Crippen molar-refractivity contribution in [2.75, 3.05) is 24.2 Å². The van der Waals surface area contributed by atoms with Crippen molar-refractivity contribution >= 4 is 34.0 Å². The second kappa shape index (κ2) is 9.46. The number of aromatic amines is 1. The highest BCUT2D eigenvalue weighted by atomic mass is 19.4. The van der Waals surface area contributed by atoms with Crippen molar-refractivity contribution in [3.05, 3.63) is 89.8 Å². The third kappa shape index (κ3) is 4.94. The summed E-state index contributed by atoms with van der Waals surface area (Å²) >= 11 is 0. The molecule has 184 valence electrons. The fraction of sp³-hybridized carbons (Fsp3) is 0.192. The maximum absolute atomic E-state index is 13.7. The van der Waals surface area contributed by atoms with Gasteiger partial charge in [-0.1, -0.05) is 12.2 Å². The van der Waals surface area contributed by atoms with Gasteiger partial charge in [0, 0.05) is 29.5 Å². The number of H-pyrrole nitrogens is 1. The molecular formula is C26H23F3N6O. The van der Waals surface area contributed by atoms with Gasteiger partial charge in [0.1, 0.15) is 5.82 Å². The normalized spacial score (nSPS) is 16.3. The predicted octanol–water partition coefficient (Wildman–Crippen LogP) is 5.91. The molecule has 5 rings (SSSR count). The zero-order valence-electron chi connectivity index (χ0n) is 19.3. The number of pyridine rings is 1. The largest absolute Gasteiger partial charge is 0.416 e. The second-order valence-corrected chi connectivity index (χ2v) is 8.63. The van der Waals surface area contributed by atoms with E-state index in [0.717, 1.165) is 36.0 Å². The number of halogens is 3. The molecule has 1 amide bonds. The SMILES string of the molecule is CN1CCC=CC1c1cc(NC(=O)c2cccnc2Nc2ccc3cn[nH]c3c2)cc(C(F)(F)F)c1. The van der Waals surface area contributed by atoms with Crippen LogP contribution in [0.3, 0.4) is 0 Å². The molecule has 7 nitrogen and oxygen atoms in total. The lowest BCUT2D eigenvalue weighted by Gasteiger charge is -2.29. The highest BCUT2D eigenvalue weighted by Gasteiger charge is 2.32. The molecule has 0 radical (unpaired) electrons. The van der Waals surface area contributed by atoms with E-state index >= 15 is 0 Å². The minimum atomic E-state index is -4.56. The fourth-order valence-corrected chi connectivity index (χ4v) is 4.25. The second-order valence-electron chi connectivity index (χ2n) is 8.63. The molecule has 1 aliphatic heterocycles. The predicted molar refractivity (Wildman–Crippen MR) is 132 cm³/mol. The van der Waals surface area contributed by atoms with E-state index in [0.29, 0.717) is 11.3 Å². The van der Waals surface area contributed by atoms with Crippen molar-refractivity contribution in [2.45, 2.75) is 18.6 Å². The van der Waals surface area contributed by atoms with Crippen molar-refractivity contribution in [3.63, 3.8) is 0 Å². The Morgan fingerprint density at radius 3 is 2.81 bits per heavy atom. The first-order valence-electron chi connectivity index (χ1n) is 11.3. The third-order valence-electron chi connectivity index (χ3n) is 6.08. The van der Waals surface area contributed by atoms with Crippen molar-refractivity contribution in [1.82, 2.24) is 20.1 Å². The number of nitrogens with one attached hydrogen (secondary N) is 3. The Labute approximate surface area is 205 Å². The van der Waals surface area contributed by atoms with E-state index in [1.165, 1.54) is 6.20 Å². The van der Waals surface area contributed by atoms with Gasteiger partial charge in [-0.3, -0.25) is 14.8 Å². The summed E-state index contributed by atoms with van der Waals surface area (Å²) in [7, 11) is 1.86. The smallest absolute Gasteiger partial charge is 0.340 e. The zero-order chi connectivity index (χ0) is 25.3. The third-order valence-corrected chi connectivity index (χ3v) is 6.08. The van der Waals surface area contributed by atoms with Crippen LogP contribution in [0.4, 0.5) is 30.4 Å². The molecule has 0 fully saturated rings. The molecule has 4 aromatic rings. The van der Waals surface area contributed by atoms with Crippen LogP contribution in [0.1, 0.15) is 33.9 Å². The molecule has 3 N–H and O–H groups in total. The molecule has 0 saturated carbocycles. The number of anilines is 3. The lowest BCUT2D eigenvalue weighted by molar-refractivity contribution is -0.137. The number of rotatable bonds is 5. The number of amides is 1. The number of benzene rings is 2. The summed E-state index contributed by atoms with van der Waals surface area (Å²) in [5.41, 5.74) is 1.37. The van der Waals surface area contributed by atoms with Crippen LogP contribution in [0.2, 0.25) is 0 Å². The lowest BCUT2D eigenvalue weighted by Crippen LogP contribution is -2.27. The number of hydrogen-bond acceptors (Lipinski definition) is 5. The average Bonchev–Trinajstić information content (AvgIpc) is 3.32. The van der Waals surface area contributed by atoms with E-state index in [-0.39, 0.29) is 23.1 Å². The van der Waals surface area contributed by atoms with Crippen LogP contribution in [0, 0.1) is 0 Å². The van der Waals surface area contributed by atoms with Crippen LogP contribution < -0.4 is 10.6 Å². The van der Waals surface area contributed by atoms with Crippen LogP contribution >= 0.6 is 0 Å². The summed E-state index contributed by atoms with van der Waals surface area (Å²) < 4.78 is 41.1. The Morgan fingerprint density at radius 2 is 2.00 bits per heavy atom. The maximum Gasteiger partial charge on any atom is 0.416 e. The Hall–Kier alpha value is -4.18. The Kier molecular flexibility index (Phi) is 6.19. The molecule has 0 spiro atoms. The molecule has 1 atom stereocenters. The first kappa shape index (κ1) is 23.6. The number of carbonyl (C=O) groups excluding carboxylic acids is 1. The summed E-state index contributed by atoms with van der Waals surface area (Å²) in [5, 5.41) is 13.5. The van der Waals surface area contributed by atoms with Crippen LogP contribution in [0.25, 0.3) is 10.9 Å².